The third kappa shape index (κ3) is 5.70. The molecule has 0 fully saturated rings. The molecule has 0 bridgehead atoms. The highest BCUT2D eigenvalue weighted by atomic mass is 32.1. The van der Waals surface area contributed by atoms with Gasteiger partial charge in [0.25, 0.3) is 5.91 Å². The molecule has 1 aromatic heterocycles. The van der Waals surface area contributed by atoms with Gasteiger partial charge in [0.05, 0.1) is 11.6 Å². The van der Waals surface area contributed by atoms with Crippen LogP contribution in [0.25, 0.3) is 0 Å². The van der Waals surface area contributed by atoms with Crippen LogP contribution in [0.15, 0.2) is 35.7 Å². The van der Waals surface area contributed by atoms with Gasteiger partial charge in [0.15, 0.2) is 0 Å². The zero-order chi connectivity index (χ0) is 17.2. The van der Waals surface area contributed by atoms with Crippen LogP contribution in [0.1, 0.15) is 27.5 Å². The number of amides is 1. The Bertz CT molecular complexity index is 616. The highest BCUT2D eigenvalue weighted by Crippen LogP contribution is 2.13. The van der Waals surface area contributed by atoms with E-state index in [1.807, 2.05) is 28.5 Å². The molecule has 0 aliphatic rings. The number of aryl methyl sites for hydroxylation is 1. The smallest absolute Gasteiger partial charge is 0.273 e. The largest absolute Gasteiger partial charge is 0.383 e. The van der Waals surface area contributed by atoms with Crippen molar-refractivity contribution in [2.75, 3.05) is 33.4 Å². The number of nitrogens with zero attached hydrogens (tertiary/aromatic N) is 2. The number of carbonyl (C=O) groups is 1. The molecule has 2 rings (SSSR count). The normalized spacial score (nSPS) is 10.8. The first-order valence-electron chi connectivity index (χ1n) is 8.21. The first-order valence-corrected chi connectivity index (χ1v) is 9.09. The molecule has 0 saturated heterocycles. The lowest BCUT2D eigenvalue weighted by Gasteiger charge is -2.21. The summed E-state index contributed by atoms with van der Waals surface area (Å²) in [5.74, 6) is -0.0281. The topological polar surface area (TPSA) is 68.5 Å². The predicted octanol–water partition coefficient (Wildman–Crippen LogP) is 2.37. The number of thiazole rings is 1. The van der Waals surface area contributed by atoms with Gasteiger partial charge in [-0.2, -0.15) is 0 Å². The Morgan fingerprint density at radius 3 is 2.75 bits per heavy atom. The lowest BCUT2D eigenvalue weighted by molar-refractivity contribution is 0.0688. The second-order valence-electron chi connectivity index (χ2n) is 5.54. The maximum atomic E-state index is 12.7. The molecule has 1 aromatic carbocycles. The van der Waals surface area contributed by atoms with E-state index in [0.717, 1.165) is 17.8 Å². The monoisotopic (exact) mass is 347 g/mol. The van der Waals surface area contributed by atoms with Crippen molar-refractivity contribution in [2.45, 2.75) is 19.3 Å². The third-order valence-corrected chi connectivity index (χ3v) is 4.63. The molecule has 2 aromatic rings. The van der Waals surface area contributed by atoms with Gasteiger partial charge >= 0.3 is 0 Å². The van der Waals surface area contributed by atoms with Crippen LogP contribution < -0.4 is 5.73 Å². The van der Waals surface area contributed by atoms with Crippen molar-refractivity contribution in [3.8, 4) is 0 Å². The van der Waals surface area contributed by atoms with Crippen LogP contribution in [0.3, 0.4) is 0 Å². The zero-order valence-electron chi connectivity index (χ0n) is 14.1. The second kappa shape index (κ2) is 10.2. The van der Waals surface area contributed by atoms with Crippen LogP contribution in [0.5, 0.6) is 0 Å². The molecular formula is C18H25N3O2S. The van der Waals surface area contributed by atoms with E-state index in [0.29, 0.717) is 38.4 Å². The summed E-state index contributed by atoms with van der Waals surface area (Å²) >= 11 is 1.49. The van der Waals surface area contributed by atoms with Crippen LogP contribution in [0.4, 0.5) is 0 Å². The minimum atomic E-state index is -0.0281. The summed E-state index contributed by atoms with van der Waals surface area (Å²) in [6, 6.07) is 10.3. The summed E-state index contributed by atoms with van der Waals surface area (Å²) < 4.78 is 5.14. The molecule has 24 heavy (non-hydrogen) atoms. The van der Waals surface area contributed by atoms with E-state index in [1.165, 1.54) is 16.9 Å². The lowest BCUT2D eigenvalue weighted by Crippen LogP contribution is -2.35. The van der Waals surface area contributed by atoms with Crippen molar-refractivity contribution in [1.82, 2.24) is 9.88 Å². The average molecular weight is 347 g/mol. The Balaban J connectivity index is 1.94. The number of nitrogens with two attached hydrogens (primary N) is 1. The molecular weight excluding hydrogens is 322 g/mol. The van der Waals surface area contributed by atoms with Crippen molar-refractivity contribution in [3.05, 3.63) is 52.0 Å². The predicted molar refractivity (Wildman–Crippen MR) is 97.4 cm³/mol. The summed E-state index contributed by atoms with van der Waals surface area (Å²) in [7, 11) is 1.65. The number of rotatable bonds is 10. The van der Waals surface area contributed by atoms with E-state index in [9.17, 15) is 4.79 Å². The van der Waals surface area contributed by atoms with E-state index in [-0.39, 0.29) is 5.91 Å². The third-order valence-electron chi connectivity index (χ3n) is 3.72. The van der Waals surface area contributed by atoms with Crippen molar-refractivity contribution >= 4 is 17.2 Å². The van der Waals surface area contributed by atoms with Gasteiger partial charge in [-0.25, -0.2) is 4.98 Å². The van der Waals surface area contributed by atoms with Gasteiger partial charge in [-0.1, -0.05) is 30.3 Å². The summed E-state index contributed by atoms with van der Waals surface area (Å²) in [4.78, 5) is 18.9. The molecule has 1 heterocycles. The van der Waals surface area contributed by atoms with Gasteiger partial charge in [-0.05, 0) is 24.9 Å². The Labute approximate surface area is 147 Å². The van der Waals surface area contributed by atoms with Crippen LogP contribution >= 0.6 is 11.3 Å². The highest BCUT2D eigenvalue weighted by Gasteiger charge is 2.18. The van der Waals surface area contributed by atoms with E-state index < -0.39 is 0 Å². The van der Waals surface area contributed by atoms with Gasteiger partial charge in [-0.3, -0.25) is 4.79 Å². The van der Waals surface area contributed by atoms with Crippen LogP contribution in [0, 0.1) is 0 Å². The van der Waals surface area contributed by atoms with Crippen molar-refractivity contribution in [2.24, 2.45) is 5.73 Å². The van der Waals surface area contributed by atoms with Crippen molar-refractivity contribution in [3.63, 3.8) is 0 Å². The Morgan fingerprint density at radius 2 is 2.04 bits per heavy atom. The number of hydrogen-bond donors (Lipinski definition) is 1. The van der Waals surface area contributed by atoms with Crippen molar-refractivity contribution < 1.29 is 9.53 Å². The first kappa shape index (κ1) is 18.6. The second-order valence-corrected chi connectivity index (χ2v) is 6.48. The number of carbonyl (C=O) groups excluding carboxylic acids is 1. The van der Waals surface area contributed by atoms with Gasteiger partial charge in [0.2, 0.25) is 0 Å². The molecule has 0 unspecified atom stereocenters. The Morgan fingerprint density at radius 1 is 1.25 bits per heavy atom. The van der Waals surface area contributed by atoms with Gasteiger partial charge in [0, 0.05) is 32.0 Å². The maximum Gasteiger partial charge on any atom is 0.273 e. The van der Waals surface area contributed by atoms with Crippen LogP contribution in [0.2, 0.25) is 0 Å². The minimum Gasteiger partial charge on any atom is -0.383 e. The van der Waals surface area contributed by atoms with Crippen LogP contribution in [-0.2, 0) is 17.6 Å². The summed E-state index contributed by atoms with van der Waals surface area (Å²) in [6.45, 7) is 2.34. The molecule has 5 nitrogen and oxygen atoms in total. The van der Waals surface area contributed by atoms with Crippen molar-refractivity contribution in [1.29, 1.82) is 0 Å². The molecule has 0 aliphatic heterocycles. The molecule has 0 saturated carbocycles. The first-order chi connectivity index (χ1) is 11.7. The number of benzene rings is 1. The van der Waals surface area contributed by atoms with E-state index in [4.69, 9.17) is 10.5 Å². The molecule has 1 amide bonds. The fraction of sp³-hybridized carbons (Fsp3) is 0.444. The van der Waals surface area contributed by atoms with Gasteiger partial charge < -0.3 is 15.4 Å². The van der Waals surface area contributed by atoms with Crippen LogP contribution in [-0.4, -0.2) is 49.1 Å². The molecule has 0 aliphatic carbocycles. The fourth-order valence-electron chi connectivity index (χ4n) is 2.44. The molecule has 0 spiro atoms. The standard InChI is InChI=1S/C18H25N3O2S/c1-23-13-12-21(11-5-8-15-6-3-2-4-7-15)18(22)16-14-24-17(20-16)9-10-19/h2-4,6-7,14H,5,8-13,19H2,1H3. The summed E-state index contributed by atoms with van der Waals surface area (Å²) in [6.07, 6.45) is 2.58. The highest BCUT2D eigenvalue weighted by molar-refractivity contribution is 7.09. The lowest BCUT2D eigenvalue weighted by atomic mass is 10.1. The summed E-state index contributed by atoms with van der Waals surface area (Å²) in [5, 5.41) is 2.74. The number of aromatic nitrogens is 1. The summed E-state index contributed by atoms with van der Waals surface area (Å²) in [5.41, 5.74) is 7.35. The minimum absolute atomic E-state index is 0.0281. The Kier molecular flexibility index (Phi) is 7.88. The average Bonchev–Trinajstić information content (AvgIpc) is 3.07. The van der Waals surface area contributed by atoms with E-state index >= 15 is 0 Å². The van der Waals surface area contributed by atoms with E-state index in [2.05, 4.69) is 17.1 Å². The maximum absolute atomic E-state index is 12.7. The number of methoxy groups -OCH3 is 1. The molecule has 6 heteroatoms. The Hall–Kier alpha value is -1.76. The quantitative estimate of drug-likeness (QED) is 0.716. The zero-order valence-corrected chi connectivity index (χ0v) is 14.9. The van der Waals surface area contributed by atoms with E-state index in [1.54, 1.807) is 7.11 Å². The molecule has 2 N–H and O–H groups in total. The van der Waals surface area contributed by atoms with Gasteiger partial charge in [0.1, 0.15) is 5.69 Å². The number of hydrogen-bond acceptors (Lipinski definition) is 5. The molecule has 0 radical (unpaired) electrons. The fourth-order valence-corrected chi connectivity index (χ4v) is 3.23. The van der Waals surface area contributed by atoms with Gasteiger partial charge in [-0.15, -0.1) is 11.3 Å². The molecule has 130 valence electrons. The molecule has 0 atom stereocenters. The number of ether oxygens (including phenoxy) is 1. The SMILES string of the molecule is COCCN(CCCc1ccccc1)C(=O)c1csc(CCN)n1.